The van der Waals surface area contributed by atoms with E-state index in [4.69, 9.17) is 0 Å². The van der Waals surface area contributed by atoms with E-state index in [0.29, 0.717) is 6.04 Å². The summed E-state index contributed by atoms with van der Waals surface area (Å²) in [5.41, 5.74) is 0. The second-order valence-electron chi connectivity index (χ2n) is 7.18. The number of aliphatic imine (C=N–C) groups is 1. The van der Waals surface area contributed by atoms with E-state index >= 15 is 0 Å². The number of guanidine groups is 1. The molecule has 2 aliphatic rings. The van der Waals surface area contributed by atoms with Crippen molar-refractivity contribution in [3.05, 3.63) is 0 Å². The highest BCUT2D eigenvalue weighted by Crippen LogP contribution is 2.20. The maximum atomic E-state index is 4.34. The fourth-order valence-corrected chi connectivity index (χ4v) is 3.94. The topological polar surface area (TPSA) is 39.7 Å². The van der Waals surface area contributed by atoms with Crippen LogP contribution >= 0.6 is 0 Å². The van der Waals surface area contributed by atoms with Gasteiger partial charge in [0, 0.05) is 32.7 Å². The molecule has 21 heavy (non-hydrogen) atoms. The minimum Gasteiger partial charge on any atom is -0.356 e. The van der Waals surface area contributed by atoms with Gasteiger partial charge in [0.25, 0.3) is 0 Å². The number of rotatable bonds is 5. The van der Waals surface area contributed by atoms with E-state index in [2.05, 4.69) is 34.4 Å². The molecule has 2 fully saturated rings. The number of piperidine rings is 1. The summed E-state index contributed by atoms with van der Waals surface area (Å²) in [5.74, 6) is 2.71. The second kappa shape index (κ2) is 8.62. The highest BCUT2D eigenvalue weighted by atomic mass is 15.2. The quantitative estimate of drug-likeness (QED) is 0.465. The predicted molar refractivity (Wildman–Crippen MR) is 90.8 cm³/mol. The molecular weight excluding hydrogens is 260 g/mol. The van der Waals surface area contributed by atoms with E-state index in [0.717, 1.165) is 24.3 Å². The fourth-order valence-electron chi connectivity index (χ4n) is 3.94. The van der Waals surface area contributed by atoms with Crippen molar-refractivity contribution in [1.82, 2.24) is 15.5 Å². The van der Waals surface area contributed by atoms with Gasteiger partial charge in [-0.1, -0.05) is 26.7 Å². The van der Waals surface area contributed by atoms with Crippen molar-refractivity contribution in [1.29, 1.82) is 0 Å². The number of likely N-dealkylation sites (tertiary alicyclic amines) is 1. The molecule has 0 aromatic rings. The first-order valence-corrected chi connectivity index (χ1v) is 8.87. The van der Waals surface area contributed by atoms with Crippen molar-refractivity contribution in [3.8, 4) is 0 Å². The van der Waals surface area contributed by atoms with E-state index in [-0.39, 0.29) is 0 Å². The maximum absolute atomic E-state index is 4.34. The van der Waals surface area contributed by atoms with Gasteiger partial charge < -0.3 is 15.5 Å². The zero-order valence-corrected chi connectivity index (χ0v) is 14.2. The van der Waals surface area contributed by atoms with Gasteiger partial charge >= 0.3 is 0 Å². The molecule has 0 aromatic heterocycles. The number of nitrogens with zero attached hydrogens (tertiary/aromatic N) is 2. The lowest BCUT2D eigenvalue weighted by atomic mass is 9.92. The van der Waals surface area contributed by atoms with Crippen molar-refractivity contribution in [3.63, 3.8) is 0 Å². The highest BCUT2D eigenvalue weighted by molar-refractivity contribution is 5.79. The molecule has 1 aliphatic carbocycles. The fraction of sp³-hybridized carbons (Fsp3) is 0.941. The van der Waals surface area contributed by atoms with E-state index in [1.165, 1.54) is 58.2 Å². The standard InChI is InChI=1S/C17H34N4/c1-14-11-15(2)13-21(12-14)10-6-9-19-17(18-3)20-16-7-4-5-8-16/h14-16H,4-13H2,1-3H3,(H2,18,19,20). The Hall–Kier alpha value is -0.770. The monoisotopic (exact) mass is 294 g/mol. The Morgan fingerprint density at radius 2 is 1.81 bits per heavy atom. The Bertz CT molecular complexity index is 313. The highest BCUT2D eigenvalue weighted by Gasteiger charge is 2.21. The van der Waals surface area contributed by atoms with Gasteiger partial charge in [0.15, 0.2) is 5.96 Å². The van der Waals surface area contributed by atoms with Gasteiger partial charge in [0.05, 0.1) is 0 Å². The minimum atomic E-state index is 0.639. The summed E-state index contributed by atoms with van der Waals surface area (Å²) < 4.78 is 0. The Kier molecular flexibility index (Phi) is 6.81. The van der Waals surface area contributed by atoms with Gasteiger partial charge in [-0.25, -0.2) is 0 Å². The molecule has 4 heteroatoms. The normalized spacial score (nSPS) is 28.8. The summed E-state index contributed by atoms with van der Waals surface area (Å²) in [5, 5.41) is 7.01. The summed E-state index contributed by atoms with van der Waals surface area (Å²) in [6, 6.07) is 0.639. The number of hydrogen-bond acceptors (Lipinski definition) is 2. The molecule has 0 spiro atoms. The molecule has 1 heterocycles. The van der Waals surface area contributed by atoms with Crippen molar-refractivity contribution in [2.45, 2.75) is 58.4 Å². The van der Waals surface area contributed by atoms with Crippen LogP contribution < -0.4 is 10.6 Å². The van der Waals surface area contributed by atoms with E-state index in [1.807, 2.05) is 7.05 Å². The zero-order chi connectivity index (χ0) is 15.1. The molecule has 0 bridgehead atoms. The Morgan fingerprint density at radius 1 is 1.14 bits per heavy atom. The zero-order valence-electron chi connectivity index (χ0n) is 14.2. The molecule has 2 N–H and O–H groups in total. The lowest BCUT2D eigenvalue weighted by Crippen LogP contribution is -2.44. The third kappa shape index (κ3) is 5.85. The molecule has 1 saturated carbocycles. The lowest BCUT2D eigenvalue weighted by molar-refractivity contribution is 0.140. The smallest absolute Gasteiger partial charge is 0.191 e. The Morgan fingerprint density at radius 3 is 2.43 bits per heavy atom. The summed E-state index contributed by atoms with van der Waals surface area (Å²) in [6.07, 6.45) is 7.91. The molecule has 4 nitrogen and oxygen atoms in total. The third-order valence-corrected chi connectivity index (χ3v) is 4.81. The van der Waals surface area contributed by atoms with Crippen molar-refractivity contribution >= 4 is 5.96 Å². The largest absolute Gasteiger partial charge is 0.356 e. The van der Waals surface area contributed by atoms with Crippen LogP contribution in [0.25, 0.3) is 0 Å². The summed E-state index contributed by atoms with van der Waals surface area (Å²) in [4.78, 5) is 6.97. The van der Waals surface area contributed by atoms with Crippen LogP contribution in [0.2, 0.25) is 0 Å². The van der Waals surface area contributed by atoms with E-state index < -0.39 is 0 Å². The number of nitrogens with one attached hydrogen (secondary N) is 2. The van der Waals surface area contributed by atoms with Crippen LogP contribution in [-0.4, -0.2) is 50.1 Å². The molecule has 1 saturated heterocycles. The third-order valence-electron chi connectivity index (χ3n) is 4.81. The Balaban J connectivity index is 1.59. The molecule has 2 rings (SSSR count). The van der Waals surface area contributed by atoms with Gasteiger partial charge in [-0.05, 0) is 44.1 Å². The summed E-state index contributed by atoms with van der Waals surface area (Å²) in [7, 11) is 1.87. The van der Waals surface area contributed by atoms with Crippen LogP contribution in [0, 0.1) is 11.8 Å². The predicted octanol–water partition coefficient (Wildman–Crippen LogP) is 2.46. The molecule has 2 unspecified atom stereocenters. The SMILES string of the molecule is CN=C(NCCCN1CC(C)CC(C)C1)NC1CCCC1. The molecule has 0 amide bonds. The molecule has 1 aliphatic heterocycles. The first kappa shape index (κ1) is 16.6. The lowest BCUT2D eigenvalue weighted by Gasteiger charge is -2.35. The van der Waals surface area contributed by atoms with Gasteiger partial charge in [0.2, 0.25) is 0 Å². The van der Waals surface area contributed by atoms with Gasteiger partial charge in [0.1, 0.15) is 0 Å². The van der Waals surface area contributed by atoms with Crippen LogP contribution in [0.4, 0.5) is 0 Å². The van der Waals surface area contributed by atoms with Crippen molar-refractivity contribution in [2.24, 2.45) is 16.8 Å². The second-order valence-corrected chi connectivity index (χ2v) is 7.18. The summed E-state index contributed by atoms with van der Waals surface area (Å²) in [6.45, 7) is 9.55. The summed E-state index contributed by atoms with van der Waals surface area (Å²) >= 11 is 0. The van der Waals surface area contributed by atoms with Gasteiger partial charge in [-0.2, -0.15) is 0 Å². The van der Waals surface area contributed by atoms with Gasteiger partial charge in [-0.3, -0.25) is 4.99 Å². The van der Waals surface area contributed by atoms with Crippen molar-refractivity contribution in [2.75, 3.05) is 33.2 Å². The average molecular weight is 294 g/mol. The maximum Gasteiger partial charge on any atom is 0.191 e. The first-order valence-electron chi connectivity index (χ1n) is 8.87. The van der Waals surface area contributed by atoms with Crippen molar-refractivity contribution < 1.29 is 0 Å². The molecule has 122 valence electrons. The number of hydrogen-bond donors (Lipinski definition) is 2. The van der Waals surface area contributed by atoms with Crippen LogP contribution in [0.1, 0.15) is 52.4 Å². The average Bonchev–Trinajstić information content (AvgIpc) is 2.94. The molecular formula is C17H34N4. The van der Waals surface area contributed by atoms with E-state index in [9.17, 15) is 0 Å². The molecule has 0 aromatic carbocycles. The van der Waals surface area contributed by atoms with Crippen LogP contribution in [0.15, 0.2) is 4.99 Å². The van der Waals surface area contributed by atoms with Gasteiger partial charge in [-0.15, -0.1) is 0 Å². The van der Waals surface area contributed by atoms with Crippen LogP contribution in [0.3, 0.4) is 0 Å². The van der Waals surface area contributed by atoms with Crippen LogP contribution in [-0.2, 0) is 0 Å². The van der Waals surface area contributed by atoms with Crippen LogP contribution in [0.5, 0.6) is 0 Å². The molecule has 0 radical (unpaired) electrons. The van der Waals surface area contributed by atoms with E-state index in [1.54, 1.807) is 0 Å². The first-order chi connectivity index (χ1) is 10.2. The minimum absolute atomic E-state index is 0.639. The Labute approximate surface area is 130 Å². The molecule has 2 atom stereocenters.